The van der Waals surface area contributed by atoms with E-state index in [0.717, 1.165) is 3.57 Å². The lowest BCUT2D eigenvalue weighted by molar-refractivity contribution is 0.00448. The predicted octanol–water partition coefficient (Wildman–Crippen LogP) is 2.46. The lowest BCUT2D eigenvalue weighted by atomic mass is 10.2. The standard InChI is InChI=1S/C12H16INO3/c1-3-16-7-8(2)17-12(15)10-6-9(13)4-5-11(10)14/h4-6,8H,3,7,14H2,1-2H3. The number of anilines is 1. The highest BCUT2D eigenvalue weighted by atomic mass is 127. The molecule has 0 spiro atoms. The van der Waals surface area contributed by atoms with Gasteiger partial charge in [0.1, 0.15) is 6.10 Å². The van der Waals surface area contributed by atoms with Gasteiger partial charge in [0, 0.05) is 15.9 Å². The summed E-state index contributed by atoms with van der Waals surface area (Å²) in [6, 6.07) is 5.26. The minimum absolute atomic E-state index is 0.278. The fourth-order valence-corrected chi connectivity index (χ4v) is 1.76. The first-order chi connectivity index (χ1) is 8.04. The van der Waals surface area contributed by atoms with Crippen LogP contribution in [0.5, 0.6) is 0 Å². The van der Waals surface area contributed by atoms with Gasteiger partial charge in [-0.3, -0.25) is 0 Å². The lowest BCUT2D eigenvalue weighted by Gasteiger charge is -2.14. The SMILES string of the molecule is CCOCC(C)OC(=O)c1cc(I)ccc1N. The molecule has 1 aromatic carbocycles. The number of rotatable bonds is 5. The smallest absolute Gasteiger partial charge is 0.340 e. The van der Waals surface area contributed by atoms with Gasteiger partial charge >= 0.3 is 5.97 Å². The van der Waals surface area contributed by atoms with Crippen LogP contribution < -0.4 is 5.73 Å². The first kappa shape index (κ1) is 14.2. The molecule has 0 bridgehead atoms. The van der Waals surface area contributed by atoms with Gasteiger partial charge in [0.15, 0.2) is 0 Å². The Balaban J connectivity index is 2.66. The molecule has 17 heavy (non-hydrogen) atoms. The molecule has 1 aromatic rings. The van der Waals surface area contributed by atoms with Crippen molar-refractivity contribution in [2.75, 3.05) is 18.9 Å². The average Bonchev–Trinajstić information content (AvgIpc) is 2.29. The van der Waals surface area contributed by atoms with Crippen LogP contribution in [0.2, 0.25) is 0 Å². The lowest BCUT2D eigenvalue weighted by Crippen LogP contribution is -2.21. The second-order valence-corrected chi connectivity index (χ2v) is 4.85. The Labute approximate surface area is 115 Å². The van der Waals surface area contributed by atoms with Crippen LogP contribution in [0.1, 0.15) is 24.2 Å². The van der Waals surface area contributed by atoms with Gasteiger partial charge in [-0.25, -0.2) is 4.79 Å². The molecule has 4 nitrogen and oxygen atoms in total. The third-order valence-corrected chi connectivity index (χ3v) is 2.77. The van der Waals surface area contributed by atoms with E-state index in [1.165, 1.54) is 0 Å². The average molecular weight is 349 g/mol. The third-order valence-electron chi connectivity index (χ3n) is 2.10. The molecule has 0 saturated carbocycles. The van der Waals surface area contributed by atoms with Gasteiger partial charge in [-0.15, -0.1) is 0 Å². The number of carbonyl (C=O) groups is 1. The molecule has 0 amide bonds. The minimum atomic E-state index is -0.409. The molecule has 0 aliphatic heterocycles. The summed E-state index contributed by atoms with van der Waals surface area (Å²) in [6.07, 6.45) is -0.278. The van der Waals surface area contributed by atoms with Gasteiger partial charge in [-0.1, -0.05) is 0 Å². The molecule has 5 heteroatoms. The van der Waals surface area contributed by atoms with Gasteiger partial charge in [-0.05, 0) is 54.6 Å². The molecule has 1 rings (SSSR count). The number of esters is 1. The summed E-state index contributed by atoms with van der Waals surface area (Å²) in [5, 5.41) is 0. The van der Waals surface area contributed by atoms with Crippen molar-refractivity contribution in [3.8, 4) is 0 Å². The van der Waals surface area contributed by atoms with Crippen LogP contribution in [-0.4, -0.2) is 25.3 Å². The van der Waals surface area contributed by atoms with Crippen molar-refractivity contribution in [1.29, 1.82) is 0 Å². The highest BCUT2D eigenvalue weighted by Crippen LogP contribution is 2.17. The summed E-state index contributed by atoms with van der Waals surface area (Å²) in [7, 11) is 0. The van der Waals surface area contributed by atoms with Crippen molar-refractivity contribution in [1.82, 2.24) is 0 Å². The van der Waals surface area contributed by atoms with Crippen LogP contribution in [0.4, 0.5) is 5.69 Å². The topological polar surface area (TPSA) is 61.5 Å². The maximum absolute atomic E-state index is 11.8. The quantitative estimate of drug-likeness (QED) is 0.504. The highest BCUT2D eigenvalue weighted by Gasteiger charge is 2.15. The van der Waals surface area contributed by atoms with Crippen molar-refractivity contribution in [3.63, 3.8) is 0 Å². The van der Waals surface area contributed by atoms with E-state index in [1.54, 1.807) is 19.1 Å². The van der Waals surface area contributed by atoms with Crippen molar-refractivity contribution in [2.45, 2.75) is 20.0 Å². The Morgan fingerprint density at radius 3 is 2.88 bits per heavy atom. The summed E-state index contributed by atoms with van der Waals surface area (Å²) >= 11 is 2.12. The fourth-order valence-electron chi connectivity index (χ4n) is 1.27. The summed E-state index contributed by atoms with van der Waals surface area (Å²) in [4.78, 5) is 11.8. The van der Waals surface area contributed by atoms with Crippen molar-refractivity contribution < 1.29 is 14.3 Å². The minimum Gasteiger partial charge on any atom is -0.457 e. The number of ether oxygens (including phenoxy) is 2. The van der Waals surface area contributed by atoms with E-state index in [0.29, 0.717) is 24.5 Å². The van der Waals surface area contributed by atoms with E-state index in [-0.39, 0.29) is 6.10 Å². The Morgan fingerprint density at radius 2 is 2.24 bits per heavy atom. The first-order valence-corrected chi connectivity index (χ1v) is 6.46. The van der Waals surface area contributed by atoms with E-state index in [1.807, 2.05) is 13.0 Å². The first-order valence-electron chi connectivity index (χ1n) is 5.38. The highest BCUT2D eigenvalue weighted by molar-refractivity contribution is 14.1. The number of nitrogen functional groups attached to an aromatic ring is 1. The zero-order chi connectivity index (χ0) is 12.8. The predicted molar refractivity (Wildman–Crippen MR) is 74.9 cm³/mol. The molecule has 0 aromatic heterocycles. The number of hydrogen-bond acceptors (Lipinski definition) is 4. The molecule has 0 radical (unpaired) electrons. The van der Waals surface area contributed by atoms with Crippen LogP contribution in [0, 0.1) is 3.57 Å². The molecule has 0 fully saturated rings. The maximum Gasteiger partial charge on any atom is 0.340 e. The van der Waals surface area contributed by atoms with Gasteiger partial charge in [0.05, 0.1) is 12.2 Å². The zero-order valence-electron chi connectivity index (χ0n) is 9.90. The number of halogens is 1. The summed E-state index contributed by atoms with van der Waals surface area (Å²) in [5.74, 6) is -0.409. The van der Waals surface area contributed by atoms with Crippen molar-refractivity contribution in [3.05, 3.63) is 27.3 Å². The zero-order valence-corrected chi connectivity index (χ0v) is 12.1. The number of carbonyl (C=O) groups excluding carboxylic acids is 1. The number of hydrogen-bond donors (Lipinski definition) is 1. The molecule has 1 unspecified atom stereocenters. The number of benzene rings is 1. The van der Waals surface area contributed by atoms with E-state index < -0.39 is 5.97 Å². The van der Waals surface area contributed by atoms with E-state index >= 15 is 0 Å². The second kappa shape index (κ2) is 6.80. The van der Waals surface area contributed by atoms with Crippen LogP contribution in [-0.2, 0) is 9.47 Å². The monoisotopic (exact) mass is 349 g/mol. The molecular weight excluding hydrogens is 333 g/mol. The Hall–Kier alpha value is -0.820. The van der Waals surface area contributed by atoms with Gasteiger partial charge < -0.3 is 15.2 Å². The van der Waals surface area contributed by atoms with Crippen LogP contribution in [0.25, 0.3) is 0 Å². The van der Waals surface area contributed by atoms with Gasteiger partial charge in [0.2, 0.25) is 0 Å². The molecule has 0 aliphatic rings. The molecular formula is C12H16INO3. The van der Waals surface area contributed by atoms with Crippen LogP contribution >= 0.6 is 22.6 Å². The largest absolute Gasteiger partial charge is 0.457 e. The Kier molecular flexibility index (Phi) is 5.70. The van der Waals surface area contributed by atoms with Gasteiger partial charge in [-0.2, -0.15) is 0 Å². The second-order valence-electron chi connectivity index (χ2n) is 3.61. The molecule has 94 valence electrons. The third kappa shape index (κ3) is 4.51. The summed E-state index contributed by atoms with van der Waals surface area (Å²) in [6.45, 7) is 4.68. The summed E-state index contributed by atoms with van der Waals surface area (Å²) < 4.78 is 11.3. The Bertz CT molecular complexity index is 395. The van der Waals surface area contributed by atoms with Crippen molar-refractivity contribution in [2.24, 2.45) is 0 Å². The maximum atomic E-state index is 11.8. The molecule has 0 saturated heterocycles. The number of nitrogens with two attached hydrogens (primary N) is 1. The molecule has 0 aliphatic carbocycles. The summed E-state index contributed by atoms with van der Waals surface area (Å²) in [5.41, 5.74) is 6.56. The molecule has 1 atom stereocenters. The van der Waals surface area contributed by atoms with Crippen molar-refractivity contribution >= 4 is 34.2 Å². The van der Waals surface area contributed by atoms with E-state index in [2.05, 4.69) is 22.6 Å². The van der Waals surface area contributed by atoms with E-state index in [4.69, 9.17) is 15.2 Å². The van der Waals surface area contributed by atoms with Crippen LogP contribution in [0.15, 0.2) is 18.2 Å². The molecule has 2 N–H and O–H groups in total. The molecule has 0 heterocycles. The van der Waals surface area contributed by atoms with Gasteiger partial charge in [0.25, 0.3) is 0 Å². The normalized spacial score (nSPS) is 12.2. The van der Waals surface area contributed by atoms with E-state index in [9.17, 15) is 4.79 Å². The van der Waals surface area contributed by atoms with Crippen LogP contribution in [0.3, 0.4) is 0 Å². The Morgan fingerprint density at radius 1 is 1.53 bits per heavy atom. The fraction of sp³-hybridized carbons (Fsp3) is 0.417.